The average molecular weight is 476 g/mol. The van der Waals surface area contributed by atoms with Crippen molar-refractivity contribution in [3.05, 3.63) is 107 Å². The lowest BCUT2D eigenvalue weighted by atomic mass is 9.64. The van der Waals surface area contributed by atoms with E-state index in [1.807, 2.05) is 72.8 Å². The van der Waals surface area contributed by atoms with Crippen LogP contribution in [0, 0.1) is 5.92 Å². The Balaban J connectivity index is 1.55. The first-order valence-electron chi connectivity index (χ1n) is 11.9. The van der Waals surface area contributed by atoms with Gasteiger partial charge in [0.05, 0.1) is 31.7 Å². The standard InChI is InChI=1S/C29H31ClN2O2/c1-32(19-10-17-27(33)25-15-8-9-16-26(25)30)20-18-24(21-32)29(28(31)34,22-11-4-2-5-12-22)23-13-6-3-7-14-23/h2-9,11-16,24H,10,17-21H2,1H3,(H-,31,34)/p+1. The van der Waals surface area contributed by atoms with Crippen molar-refractivity contribution in [2.45, 2.75) is 24.7 Å². The molecule has 0 bridgehead atoms. The predicted molar refractivity (Wildman–Crippen MR) is 137 cm³/mol. The SMILES string of the molecule is C[N+]1(CCCC(=O)c2ccccc2Cl)CCC(C(C(N)=O)(c2ccccc2)c2ccccc2)C1. The number of quaternary nitrogens is 1. The van der Waals surface area contributed by atoms with Gasteiger partial charge in [0, 0.05) is 30.7 Å². The molecule has 1 amide bonds. The number of benzene rings is 3. The van der Waals surface area contributed by atoms with Crippen LogP contribution in [0.25, 0.3) is 0 Å². The van der Waals surface area contributed by atoms with Gasteiger partial charge in [-0.15, -0.1) is 0 Å². The number of carbonyl (C=O) groups is 2. The lowest BCUT2D eigenvalue weighted by molar-refractivity contribution is -0.899. The second kappa shape index (κ2) is 10.1. The van der Waals surface area contributed by atoms with Gasteiger partial charge in [0.15, 0.2) is 5.78 Å². The maximum Gasteiger partial charge on any atom is 0.233 e. The van der Waals surface area contributed by atoms with Crippen molar-refractivity contribution >= 4 is 23.3 Å². The first-order valence-corrected chi connectivity index (χ1v) is 12.3. The van der Waals surface area contributed by atoms with Crippen molar-refractivity contribution in [1.82, 2.24) is 0 Å². The fourth-order valence-corrected chi connectivity index (χ4v) is 5.95. The summed E-state index contributed by atoms with van der Waals surface area (Å²) >= 11 is 6.20. The van der Waals surface area contributed by atoms with E-state index in [1.165, 1.54) is 0 Å². The number of rotatable bonds is 9. The van der Waals surface area contributed by atoms with E-state index in [4.69, 9.17) is 17.3 Å². The van der Waals surface area contributed by atoms with Crippen molar-refractivity contribution in [3.8, 4) is 0 Å². The summed E-state index contributed by atoms with van der Waals surface area (Å²) in [5.41, 5.74) is 7.82. The summed E-state index contributed by atoms with van der Waals surface area (Å²) in [5.74, 6) is -0.163. The molecule has 1 saturated heterocycles. The van der Waals surface area contributed by atoms with E-state index in [2.05, 4.69) is 7.05 Å². The molecule has 3 aromatic carbocycles. The largest absolute Gasteiger partial charge is 0.369 e. The fourth-order valence-electron chi connectivity index (χ4n) is 5.71. The van der Waals surface area contributed by atoms with Crippen molar-refractivity contribution in [1.29, 1.82) is 0 Å². The molecule has 0 aromatic heterocycles. The highest BCUT2D eigenvalue weighted by atomic mass is 35.5. The van der Waals surface area contributed by atoms with E-state index in [0.29, 0.717) is 17.0 Å². The minimum Gasteiger partial charge on any atom is -0.369 e. The summed E-state index contributed by atoms with van der Waals surface area (Å²) in [6.07, 6.45) is 2.12. The number of likely N-dealkylation sites (tertiary alicyclic amines) is 1. The predicted octanol–water partition coefficient (Wildman–Crippen LogP) is 5.24. The van der Waals surface area contributed by atoms with E-state index in [-0.39, 0.29) is 17.6 Å². The number of primary amides is 1. The molecule has 0 radical (unpaired) electrons. The van der Waals surface area contributed by atoms with Crippen LogP contribution in [0.2, 0.25) is 5.02 Å². The Morgan fingerprint density at radius 2 is 1.50 bits per heavy atom. The zero-order valence-electron chi connectivity index (χ0n) is 19.6. The maximum absolute atomic E-state index is 13.3. The van der Waals surface area contributed by atoms with Crippen LogP contribution in [-0.4, -0.2) is 42.9 Å². The number of Topliss-reactive ketones (excluding diaryl/α,β-unsaturated/α-hetero) is 1. The first kappa shape index (κ1) is 24.2. The molecule has 1 aliphatic heterocycles. The number of nitrogens with zero attached hydrogens (tertiary/aromatic N) is 1. The quantitative estimate of drug-likeness (QED) is 0.340. The van der Waals surface area contributed by atoms with Crippen LogP contribution in [0.4, 0.5) is 0 Å². The van der Waals surface area contributed by atoms with Gasteiger partial charge in [0.25, 0.3) is 0 Å². The van der Waals surface area contributed by atoms with Gasteiger partial charge >= 0.3 is 0 Å². The second-order valence-corrected chi connectivity index (χ2v) is 10.1. The summed E-state index contributed by atoms with van der Waals surface area (Å²) in [6, 6.07) is 27.1. The summed E-state index contributed by atoms with van der Waals surface area (Å²) in [5, 5.41) is 0.506. The third-order valence-corrected chi connectivity index (χ3v) is 7.74. The average Bonchev–Trinajstić information content (AvgIpc) is 3.23. The minimum atomic E-state index is -0.883. The highest BCUT2D eigenvalue weighted by Crippen LogP contribution is 2.45. The third-order valence-electron chi connectivity index (χ3n) is 7.41. The zero-order valence-corrected chi connectivity index (χ0v) is 20.4. The number of hydrogen-bond acceptors (Lipinski definition) is 2. The van der Waals surface area contributed by atoms with Gasteiger partial charge in [-0.25, -0.2) is 0 Å². The molecule has 0 spiro atoms. The molecule has 1 aliphatic rings. The van der Waals surface area contributed by atoms with Crippen molar-refractivity contribution < 1.29 is 14.1 Å². The Morgan fingerprint density at radius 1 is 0.941 bits per heavy atom. The van der Waals surface area contributed by atoms with Crippen molar-refractivity contribution in [3.63, 3.8) is 0 Å². The van der Waals surface area contributed by atoms with Crippen molar-refractivity contribution in [2.75, 3.05) is 26.7 Å². The van der Waals surface area contributed by atoms with E-state index >= 15 is 0 Å². The number of halogens is 1. The Labute approximate surface area is 206 Å². The van der Waals surface area contributed by atoms with Crippen LogP contribution in [0.1, 0.15) is 40.7 Å². The topological polar surface area (TPSA) is 60.2 Å². The Bertz CT molecular complexity index is 1110. The monoisotopic (exact) mass is 475 g/mol. The summed E-state index contributed by atoms with van der Waals surface area (Å²) in [7, 11) is 2.22. The van der Waals surface area contributed by atoms with Crippen LogP contribution < -0.4 is 5.73 Å². The Morgan fingerprint density at radius 3 is 2.06 bits per heavy atom. The van der Waals surface area contributed by atoms with E-state index in [1.54, 1.807) is 12.1 Å². The van der Waals surface area contributed by atoms with Crippen molar-refractivity contribution in [2.24, 2.45) is 11.7 Å². The van der Waals surface area contributed by atoms with Gasteiger partial charge in [-0.2, -0.15) is 0 Å². The van der Waals surface area contributed by atoms with Gasteiger partial charge in [-0.1, -0.05) is 84.4 Å². The van der Waals surface area contributed by atoms with Crippen LogP contribution in [-0.2, 0) is 10.2 Å². The highest BCUT2D eigenvalue weighted by molar-refractivity contribution is 6.33. The Kier molecular flexibility index (Phi) is 7.20. The maximum atomic E-state index is 13.3. The normalized spacial score (nSPS) is 20.2. The highest BCUT2D eigenvalue weighted by Gasteiger charge is 2.53. The molecular formula is C29H32ClN2O2+. The molecule has 4 nitrogen and oxygen atoms in total. The molecule has 2 unspecified atom stereocenters. The summed E-state index contributed by atoms with van der Waals surface area (Å²) < 4.78 is 0.815. The number of nitrogens with two attached hydrogens (primary N) is 1. The van der Waals surface area contributed by atoms with Crippen LogP contribution in [0.3, 0.4) is 0 Å². The van der Waals surface area contributed by atoms with Crippen LogP contribution in [0.5, 0.6) is 0 Å². The van der Waals surface area contributed by atoms with E-state index in [9.17, 15) is 9.59 Å². The number of ketones is 1. The van der Waals surface area contributed by atoms with Crippen LogP contribution >= 0.6 is 11.6 Å². The number of amides is 1. The van der Waals surface area contributed by atoms with Crippen LogP contribution in [0.15, 0.2) is 84.9 Å². The third kappa shape index (κ3) is 4.66. The van der Waals surface area contributed by atoms with Gasteiger partial charge in [-0.3, -0.25) is 9.59 Å². The lowest BCUT2D eigenvalue weighted by Crippen LogP contribution is -2.51. The number of carbonyl (C=O) groups excluding carboxylic acids is 2. The van der Waals surface area contributed by atoms with Gasteiger partial charge in [0.1, 0.15) is 5.41 Å². The molecule has 34 heavy (non-hydrogen) atoms. The van der Waals surface area contributed by atoms with Gasteiger partial charge in [-0.05, 0) is 23.3 Å². The molecule has 1 fully saturated rings. The molecule has 2 atom stereocenters. The molecule has 2 N–H and O–H groups in total. The first-order chi connectivity index (χ1) is 16.4. The molecular weight excluding hydrogens is 444 g/mol. The molecule has 3 aromatic rings. The molecule has 176 valence electrons. The molecule has 1 heterocycles. The lowest BCUT2D eigenvalue weighted by Gasteiger charge is -2.38. The number of hydrogen-bond donors (Lipinski definition) is 1. The fraction of sp³-hybridized carbons (Fsp3) is 0.310. The Hall–Kier alpha value is -2.95. The van der Waals surface area contributed by atoms with Gasteiger partial charge in [0.2, 0.25) is 5.91 Å². The van der Waals surface area contributed by atoms with E-state index < -0.39 is 5.41 Å². The van der Waals surface area contributed by atoms with Gasteiger partial charge < -0.3 is 10.2 Å². The zero-order chi connectivity index (χ0) is 24.2. The van der Waals surface area contributed by atoms with E-state index in [0.717, 1.165) is 48.1 Å². The molecule has 4 rings (SSSR count). The summed E-state index contributed by atoms with van der Waals surface area (Å²) in [4.78, 5) is 25.9. The molecule has 0 saturated carbocycles. The molecule has 5 heteroatoms. The smallest absolute Gasteiger partial charge is 0.233 e. The minimum absolute atomic E-state index is 0.0686. The summed E-state index contributed by atoms with van der Waals surface area (Å²) in [6.45, 7) is 2.64. The molecule has 0 aliphatic carbocycles. The second-order valence-electron chi connectivity index (χ2n) is 9.65.